The van der Waals surface area contributed by atoms with E-state index in [1.807, 2.05) is 42.9 Å². The summed E-state index contributed by atoms with van der Waals surface area (Å²) in [6.07, 6.45) is 5.16. The maximum atomic E-state index is 10.6. The molecule has 0 amide bonds. The number of imidazole rings is 1. The summed E-state index contributed by atoms with van der Waals surface area (Å²) in [6, 6.07) is 7.61. The van der Waals surface area contributed by atoms with Crippen molar-refractivity contribution < 1.29 is 4.79 Å². The van der Waals surface area contributed by atoms with Crippen molar-refractivity contribution in [2.75, 3.05) is 0 Å². The second-order valence-corrected chi connectivity index (χ2v) is 4.61. The van der Waals surface area contributed by atoms with E-state index in [0.29, 0.717) is 11.4 Å². The number of hydrogen-bond acceptors (Lipinski definition) is 4. The molecule has 0 radical (unpaired) electrons. The lowest BCUT2D eigenvalue weighted by Crippen LogP contribution is -1.94. The zero-order valence-electron chi connectivity index (χ0n) is 11.2. The van der Waals surface area contributed by atoms with Gasteiger partial charge in [-0.2, -0.15) is 4.99 Å². The van der Waals surface area contributed by atoms with Crippen LogP contribution in [-0.2, 0) is 11.8 Å². The normalized spacial score (nSPS) is 10.5. The topological polar surface area (TPSA) is 60.1 Å². The van der Waals surface area contributed by atoms with Gasteiger partial charge in [-0.1, -0.05) is 11.6 Å². The molecule has 3 aromatic rings. The number of rotatable bonds is 2. The molecule has 5 heteroatoms. The van der Waals surface area contributed by atoms with Crippen molar-refractivity contribution in [3.05, 3.63) is 42.2 Å². The van der Waals surface area contributed by atoms with E-state index in [4.69, 9.17) is 0 Å². The Morgan fingerprint density at radius 1 is 1.30 bits per heavy atom. The summed E-state index contributed by atoms with van der Waals surface area (Å²) in [5, 5.41) is 0.839. The van der Waals surface area contributed by atoms with Crippen molar-refractivity contribution in [2.45, 2.75) is 6.92 Å². The molecule has 0 saturated carbocycles. The Labute approximate surface area is 115 Å². The molecule has 0 aliphatic rings. The SMILES string of the molecule is Cc1ccc2nc(-c3nccn3C)cc(N=C=O)c2c1. The number of pyridine rings is 1. The molecular formula is C15H12N4O. The highest BCUT2D eigenvalue weighted by Crippen LogP contribution is 2.29. The van der Waals surface area contributed by atoms with Crippen LogP contribution in [0.1, 0.15) is 5.56 Å². The molecule has 98 valence electrons. The smallest absolute Gasteiger partial charge is 0.240 e. The number of benzene rings is 1. The van der Waals surface area contributed by atoms with Crippen LogP contribution < -0.4 is 0 Å². The zero-order valence-corrected chi connectivity index (χ0v) is 11.2. The van der Waals surface area contributed by atoms with Gasteiger partial charge in [0, 0.05) is 24.8 Å². The molecule has 0 N–H and O–H groups in total. The molecule has 20 heavy (non-hydrogen) atoms. The van der Waals surface area contributed by atoms with Crippen molar-refractivity contribution in [3.63, 3.8) is 0 Å². The minimum absolute atomic E-state index is 0.562. The molecule has 0 spiro atoms. The predicted molar refractivity (Wildman–Crippen MR) is 76.5 cm³/mol. The van der Waals surface area contributed by atoms with E-state index < -0.39 is 0 Å². The van der Waals surface area contributed by atoms with Crippen LogP contribution in [0, 0.1) is 6.92 Å². The van der Waals surface area contributed by atoms with Gasteiger partial charge in [-0.3, -0.25) is 0 Å². The van der Waals surface area contributed by atoms with Crippen LogP contribution in [0.5, 0.6) is 0 Å². The molecule has 0 fully saturated rings. The van der Waals surface area contributed by atoms with Crippen LogP contribution in [0.25, 0.3) is 22.4 Å². The quantitative estimate of drug-likeness (QED) is 0.528. The number of aryl methyl sites for hydroxylation is 2. The van der Waals surface area contributed by atoms with Crippen LogP contribution in [0.3, 0.4) is 0 Å². The second-order valence-electron chi connectivity index (χ2n) is 4.61. The van der Waals surface area contributed by atoms with E-state index in [0.717, 1.165) is 22.3 Å². The van der Waals surface area contributed by atoms with Gasteiger partial charge in [0.05, 0.1) is 11.2 Å². The van der Waals surface area contributed by atoms with Crippen LogP contribution in [0.4, 0.5) is 5.69 Å². The minimum Gasteiger partial charge on any atom is -0.333 e. The molecule has 5 nitrogen and oxygen atoms in total. The maximum Gasteiger partial charge on any atom is 0.240 e. The van der Waals surface area contributed by atoms with E-state index in [9.17, 15) is 4.79 Å². The first-order chi connectivity index (χ1) is 9.69. The van der Waals surface area contributed by atoms with Gasteiger partial charge in [0.2, 0.25) is 6.08 Å². The Bertz CT molecular complexity index is 844. The fraction of sp³-hybridized carbons (Fsp3) is 0.133. The molecule has 2 aromatic heterocycles. The third kappa shape index (κ3) is 2.00. The molecule has 0 bridgehead atoms. The lowest BCUT2D eigenvalue weighted by Gasteiger charge is -2.06. The van der Waals surface area contributed by atoms with E-state index in [2.05, 4.69) is 15.0 Å². The molecule has 0 aliphatic carbocycles. The first-order valence-electron chi connectivity index (χ1n) is 6.16. The largest absolute Gasteiger partial charge is 0.333 e. The molecule has 0 aliphatic heterocycles. The highest BCUT2D eigenvalue weighted by molar-refractivity contribution is 5.93. The van der Waals surface area contributed by atoms with Gasteiger partial charge in [0.25, 0.3) is 0 Å². The Morgan fingerprint density at radius 3 is 2.85 bits per heavy atom. The summed E-state index contributed by atoms with van der Waals surface area (Å²) in [6.45, 7) is 1.99. The number of aliphatic imine (C=N–C) groups is 1. The van der Waals surface area contributed by atoms with E-state index in [1.54, 1.807) is 18.3 Å². The van der Waals surface area contributed by atoms with Gasteiger partial charge in [0.1, 0.15) is 5.69 Å². The van der Waals surface area contributed by atoms with Crippen molar-refractivity contribution in [1.82, 2.24) is 14.5 Å². The summed E-state index contributed by atoms with van der Waals surface area (Å²) < 4.78 is 1.87. The minimum atomic E-state index is 0.562. The molecule has 0 atom stereocenters. The van der Waals surface area contributed by atoms with Crippen molar-refractivity contribution in [3.8, 4) is 11.5 Å². The van der Waals surface area contributed by atoms with Crippen molar-refractivity contribution >= 4 is 22.7 Å². The Kier molecular flexibility index (Phi) is 2.89. The lowest BCUT2D eigenvalue weighted by molar-refractivity contribution is 0.565. The van der Waals surface area contributed by atoms with Gasteiger partial charge in [-0.05, 0) is 25.1 Å². The molecular weight excluding hydrogens is 252 g/mol. The number of hydrogen-bond donors (Lipinski definition) is 0. The third-order valence-electron chi connectivity index (χ3n) is 3.16. The highest BCUT2D eigenvalue weighted by Gasteiger charge is 2.10. The molecule has 1 aromatic carbocycles. The number of carbonyl (C=O) groups excluding carboxylic acids is 1. The number of aromatic nitrogens is 3. The molecule has 2 heterocycles. The first-order valence-corrected chi connectivity index (χ1v) is 6.16. The third-order valence-corrected chi connectivity index (χ3v) is 3.16. The number of nitrogens with zero attached hydrogens (tertiary/aromatic N) is 4. The van der Waals surface area contributed by atoms with Gasteiger partial charge in [-0.25, -0.2) is 14.8 Å². The van der Waals surface area contributed by atoms with Crippen LogP contribution in [0.15, 0.2) is 41.7 Å². The Morgan fingerprint density at radius 2 is 2.15 bits per heavy atom. The lowest BCUT2D eigenvalue weighted by atomic mass is 10.1. The predicted octanol–water partition coefficient (Wildman–Crippen LogP) is 2.91. The van der Waals surface area contributed by atoms with E-state index in [-0.39, 0.29) is 0 Å². The molecule has 0 unspecified atom stereocenters. The van der Waals surface area contributed by atoms with Gasteiger partial charge >= 0.3 is 0 Å². The fourth-order valence-corrected chi connectivity index (χ4v) is 2.19. The summed E-state index contributed by atoms with van der Waals surface area (Å²) in [7, 11) is 1.89. The zero-order chi connectivity index (χ0) is 14.1. The average molecular weight is 264 g/mol. The fourth-order valence-electron chi connectivity index (χ4n) is 2.19. The summed E-state index contributed by atoms with van der Waals surface area (Å²) >= 11 is 0. The van der Waals surface area contributed by atoms with Crippen LogP contribution >= 0.6 is 0 Å². The van der Waals surface area contributed by atoms with Gasteiger partial charge < -0.3 is 4.57 Å². The monoisotopic (exact) mass is 264 g/mol. The van der Waals surface area contributed by atoms with Crippen LogP contribution in [-0.4, -0.2) is 20.6 Å². The number of isocyanates is 1. The van der Waals surface area contributed by atoms with Crippen molar-refractivity contribution in [1.29, 1.82) is 0 Å². The standard InChI is InChI=1S/C15H12N4O/c1-10-3-4-12-11(7-10)13(17-9-20)8-14(18-12)15-16-5-6-19(15)2/h3-8H,1-2H3. The first kappa shape index (κ1) is 12.3. The number of fused-ring (bicyclic) bond motifs is 1. The summed E-state index contributed by atoms with van der Waals surface area (Å²) in [4.78, 5) is 23.3. The second kappa shape index (κ2) is 4.72. The maximum absolute atomic E-state index is 10.6. The van der Waals surface area contributed by atoms with Gasteiger partial charge in [0.15, 0.2) is 5.82 Å². The van der Waals surface area contributed by atoms with Crippen LogP contribution in [0.2, 0.25) is 0 Å². The average Bonchev–Trinajstić information content (AvgIpc) is 2.85. The Hall–Kier alpha value is -2.78. The Balaban J connectivity index is 2.34. The summed E-state index contributed by atoms with van der Waals surface area (Å²) in [5.74, 6) is 0.731. The summed E-state index contributed by atoms with van der Waals surface area (Å²) in [5.41, 5.74) is 3.12. The highest BCUT2D eigenvalue weighted by atomic mass is 16.1. The van der Waals surface area contributed by atoms with E-state index >= 15 is 0 Å². The van der Waals surface area contributed by atoms with Crippen molar-refractivity contribution in [2.24, 2.45) is 12.0 Å². The molecule has 0 saturated heterocycles. The van der Waals surface area contributed by atoms with E-state index in [1.165, 1.54) is 0 Å². The molecule has 3 rings (SSSR count). The van der Waals surface area contributed by atoms with Gasteiger partial charge in [-0.15, -0.1) is 0 Å².